The van der Waals surface area contributed by atoms with Gasteiger partial charge in [-0.2, -0.15) is 5.10 Å². The first-order valence-electron chi connectivity index (χ1n) is 6.81. The highest BCUT2D eigenvalue weighted by molar-refractivity contribution is 5.78. The number of aromatic nitrogens is 2. The number of aryl methyl sites for hydroxylation is 2. The van der Waals surface area contributed by atoms with Crippen LogP contribution in [-0.2, 0) is 18.3 Å². The molecule has 1 atom stereocenters. The third-order valence-corrected chi connectivity index (χ3v) is 3.65. The lowest BCUT2D eigenvalue weighted by Gasteiger charge is -2.23. The molecule has 0 radical (unpaired) electrons. The van der Waals surface area contributed by atoms with Gasteiger partial charge in [0.1, 0.15) is 0 Å². The van der Waals surface area contributed by atoms with Crippen molar-refractivity contribution in [2.45, 2.75) is 34.1 Å². The Labute approximate surface area is 115 Å². The van der Waals surface area contributed by atoms with Crippen LogP contribution in [0.25, 0.3) is 0 Å². The van der Waals surface area contributed by atoms with Crippen molar-refractivity contribution < 1.29 is 9.90 Å². The fourth-order valence-electron chi connectivity index (χ4n) is 2.36. The molecule has 19 heavy (non-hydrogen) atoms. The molecule has 5 heteroatoms. The van der Waals surface area contributed by atoms with Crippen LogP contribution in [0.15, 0.2) is 0 Å². The Morgan fingerprint density at radius 1 is 1.47 bits per heavy atom. The van der Waals surface area contributed by atoms with Crippen molar-refractivity contribution in [1.82, 2.24) is 14.7 Å². The van der Waals surface area contributed by atoms with Crippen LogP contribution < -0.4 is 0 Å². The van der Waals surface area contributed by atoms with Crippen molar-refractivity contribution in [3.8, 4) is 0 Å². The predicted octanol–water partition coefficient (Wildman–Crippen LogP) is 1.06. The Morgan fingerprint density at radius 2 is 2.11 bits per heavy atom. The number of carbonyl (C=O) groups excluding carboxylic acids is 1. The number of aliphatic hydroxyl groups excluding tert-OH is 1. The fraction of sp³-hybridized carbons (Fsp3) is 0.714. The van der Waals surface area contributed by atoms with Crippen molar-refractivity contribution in [3.63, 3.8) is 0 Å². The van der Waals surface area contributed by atoms with Gasteiger partial charge in [-0.25, -0.2) is 0 Å². The lowest BCUT2D eigenvalue weighted by atomic mass is 9.98. The number of amides is 1. The minimum absolute atomic E-state index is 0.0112. The number of likely N-dealkylation sites (N-methyl/N-ethyl adjacent to an activating group) is 1. The van der Waals surface area contributed by atoms with Gasteiger partial charge in [-0.3, -0.25) is 9.48 Å². The number of hydrogen-bond donors (Lipinski definition) is 1. The van der Waals surface area contributed by atoms with Crippen molar-refractivity contribution in [2.24, 2.45) is 13.0 Å². The quantitative estimate of drug-likeness (QED) is 0.838. The summed E-state index contributed by atoms with van der Waals surface area (Å²) in [6.45, 7) is 8.93. The van der Waals surface area contributed by atoms with Crippen LogP contribution in [0.3, 0.4) is 0 Å². The number of rotatable bonds is 6. The van der Waals surface area contributed by atoms with Crippen LogP contribution in [0, 0.1) is 19.8 Å². The highest BCUT2D eigenvalue weighted by Crippen LogP contribution is 2.18. The Bertz CT molecular complexity index is 440. The number of nitrogens with zero attached hydrogens (tertiary/aromatic N) is 3. The van der Waals surface area contributed by atoms with E-state index in [-0.39, 0.29) is 18.4 Å². The van der Waals surface area contributed by atoms with Crippen LogP contribution in [0.1, 0.15) is 30.8 Å². The van der Waals surface area contributed by atoms with Crippen molar-refractivity contribution in [1.29, 1.82) is 0 Å². The van der Waals surface area contributed by atoms with Crippen LogP contribution in [0.4, 0.5) is 0 Å². The standard InChI is InChI=1S/C14H25N3O2/c1-6-17(7-8-18)14(19)10(2)9-13-11(3)15-16(5)12(13)4/h10,18H,6-9H2,1-5H3. The maximum atomic E-state index is 12.3. The van der Waals surface area contributed by atoms with E-state index in [1.807, 2.05) is 39.4 Å². The van der Waals surface area contributed by atoms with E-state index < -0.39 is 0 Å². The summed E-state index contributed by atoms with van der Waals surface area (Å²) in [5.41, 5.74) is 3.26. The maximum absolute atomic E-state index is 12.3. The molecule has 0 spiro atoms. The van der Waals surface area contributed by atoms with Gasteiger partial charge in [0.2, 0.25) is 5.91 Å². The number of aliphatic hydroxyl groups is 1. The van der Waals surface area contributed by atoms with Gasteiger partial charge in [0.15, 0.2) is 0 Å². The maximum Gasteiger partial charge on any atom is 0.225 e. The summed E-state index contributed by atoms with van der Waals surface area (Å²) in [6.07, 6.45) is 0.701. The van der Waals surface area contributed by atoms with Gasteiger partial charge in [0.05, 0.1) is 12.3 Å². The molecule has 108 valence electrons. The zero-order valence-electron chi connectivity index (χ0n) is 12.6. The first-order valence-corrected chi connectivity index (χ1v) is 6.81. The topological polar surface area (TPSA) is 58.4 Å². The molecule has 1 heterocycles. The van der Waals surface area contributed by atoms with Gasteiger partial charge in [-0.05, 0) is 32.8 Å². The average Bonchev–Trinajstić information content (AvgIpc) is 2.61. The molecule has 0 aliphatic rings. The average molecular weight is 267 g/mol. The molecule has 1 unspecified atom stereocenters. The minimum Gasteiger partial charge on any atom is -0.395 e. The summed E-state index contributed by atoms with van der Waals surface area (Å²) in [7, 11) is 1.92. The van der Waals surface area contributed by atoms with Gasteiger partial charge in [-0.15, -0.1) is 0 Å². The van der Waals surface area contributed by atoms with Crippen molar-refractivity contribution in [2.75, 3.05) is 19.7 Å². The first kappa shape index (κ1) is 15.7. The third kappa shape index (κ3) is 3.56. The van der Waals surface area contributed by atoms with Gasteiger partial charge >= 0.3 is 0 Å². The van der Waals surface area contributed by atoms with Crippen LogP contribution >= 0.6 is 0 Å². The molecule has 0 aromatic carbocycles. The van der Waals surface area contributed by atoms with E-state index in [9.17, 15) is 4.79 Å². The van der Waals surface area contributed by atoms with E-state index in [2.05, 4.69) is 5.10 Å². The molecule has 0 aliphatic heterocycles. The molecular weight excluding hydrogens is 242 g/mol. The summed E-state index contributed by atoms with van der Waals surface area (Å²) < 4.78 is 1.85. The summed E-state index contributed by atoms with van der Waals surface area (Å²) in [4.78, 5) is 14.0. The second kappa shape index (κ2) is 6.70. The Balaban J connectivity index is 2.78. The molecule has 0 bridgehead atoms. The van der Waals surface area contributed by atoms with Gasteiger partial charge in [0, 0.05) is 31.7 Å². The highest BCUT2D eigenvalue weighted by Gasteiger charge is 2.22. The van der Waals surface area contributed by atoms with Crippen molar-refractivity contribution in [3.05, 3.63) is 17.0 Å². The first-order chi connectivity index (χ1) is 8.92. The van der Waals surface area contributed by atoms with Gasteiger partial charge in [0.25, 0.3) is 0 Å². The largest absolute Gasteiger partial charge is 0.395 e. The van der Waals surface area contributed by atoms with Gasteiger partial charge in [-0.1, -0.05) is 6.92 Å². The van der Waals surface area contributed by atoms with Gasteiger partial charge < -0.3 is 10.0 Å². The normalized spacial score (nSPS) is 12.5. The zero-order valence-corrected chi connectivity index (χ0v) is 12.6. The molecule has 0 saturated heterocycles. The molecule has 0 fully saturated rings. The van der Waals surface area contributed by atoms with Crippen LogP contribution in [0.2, 0.25) is 0 Å². The fourth-order valence-corrected chi connectivity index (χ4v) is 2.36. The summed E-state index contributed by atoms with van der Waals surface area (Å²) in [5.74, 6) is 0.00676. The smallest absolute Gasteiger partial charge is 0.225 e. The summed E-state index contributed by atoms with van der Waals surface area (Å²) >= 11 is 0. The molecule has 1 rings (SSSR count). The lowest BCUT2D eigenvalue weighted by Crippen LogP contribution is -2.37. The monoisotopic (exact) mass is 267 g/mol. The van der Waals surface area contributed by atoms with Crippen molar-refractivity contribution >= 4 is 5.91 Å². The second-order valence-electron chi connectivity index (χ2n) is 5.02. The Morgan fingerprint density at radius 3 is 2.53 bits per heavy atom. The van der Waals surface area contributed by atoms with E-state index >= 15 is 0 Å². The van der Waals surface area contributed by atoms with E-state index in [0.29, 0.717) is 19.5 Å². The molecule has 5 nitrogen and oxygen atoms in total. The van der Waals surface area contributed by atoms with Crippen LogP contribution in [0.5, 0.6) is 0 Å². The van der Waals surface area contributed by atoms with E-state index in [1.54, 1.807) is 4.90 Å². The SMILES string of the molecule is CCN(CCO)C(=O)C(C)Cc1c(C)nn(C)c1C. The second-order valence-corrected chi connectivity index (χ2v) is 5.02. The zero-order chi connectivity index (χ0) is 14.6. The highest BCUT2D eigenvalue weighted by atomic mass is 16.3. The molecule has 1 N–H and O–H groups in total. The number of hydrogen-bond acceptors (Lipinski definition) is 3. The molecule has 0 saturated carbocycles. The predicted molar refractivity (Wildman–Crippen MR) is 74.9 cm³/mol. The molecule has 0 aliphatic carbocycles. The molecular formula is C14H25N3O2. The molecule has 1 aromatic heterocycles. The Hall–Kier alpha value is -1.36. The molecule has 1 aromatic rings. The summed E-state index contributed by atoms with van der Waals surface area (Å²) in [6, 6.07) is 0. The molecule has 1 amide bonds. The lowest BCUT2D eigenvalue weighted by molar-refractivity contribution is -0.135. The van der Waals surface area contributed by atoms with E-state index in [1.165, 1.54) is 0 Å². The third-order valence-electron chi connectivity index (χ3n) is 3.65. The summed E-state index contributed by atoms with van der Waals surface area (Å²) in [5, 5.41) is 13.3. The number of carbonyl (C=O) groups is 1. The Kier molecular flexibility index (Phi) is 5.54. The minimum atomic E-state index is -0.0897. The van der Waals surface area contributed by atoms with E-state index in [4.69, 9.17) is 5.11 Å². The van der Waals surface area contributed by atoms with E-state index in [0.717, 1.165) is 17.0 Å². The van der Waals surface area contributed by atoms with Crippen LogP contribution in [-0.4, -0.2) is 45.4 Å².